The highest BCUT2D eigenvalue weighted by molar-refractivity contribution is 6.43. The smallest absolute Gasteiger partial charge is 0.174 e. The van der Waals surface area contributed by atoms with Crippen molar-refractivity contribution in [3.05, 3.63) is 23.4 Å². The molecule has 1 rings (SSSR count). The van der Waals surface area contributed by atoms with Crippen LogP contribution in [-0.2, 0) is 4.12 Å². The van der Waals surface area contributed by atoms with Crippen LogP contribution in [0.5, 0.6) is 0 Å². The van der Waals surface area contributed by atoms with Gasteiger partial charge in [-0.2, -0.15) is 0 Å². The molecule has 0 unspecified atom stereocenters. The van der Waals surface area contributed by atoms with Crippen molar-refractivity contribution in [3.63, 3.8) is 0 Å². The minimum Gasteiger partial charge on any atom is -0.465 e. The molecule has 0 aromatic carbocycles. The molecular formula is C5H10OSi2. The standard InChI is InChI=1S/C5H10OSi2/c7-6-8-5-3-1-2-4-5/h1-3H,4,8H2,7H3. The Hall–Kier alpha value is -0.126. The normalized spacial score (nSPS) is 18.8. The lowest BCUT2D eigenvalue weighted by molar-refractivity contribution is 0.670. The molecule has 1 aliphatic rings. The molecule has 8 heavy (non-hydrogen) atoms. The number of hydrogen-bond acceptors (Lipinski definition) is 1. The minimum absolute atomic E-state index is 0.242. The number of hydrogen-bond donors (Lipinski definition) is 0. The summed E-state index contributed by atoms with van der Waals surface area (Å²) in [7, 11) is 0.675. The molecule has 0 amide bonds. The lowest BCUT2D eigenvalue weighted by atomic mass is 10.5. The first-order valence-electron chi connectivity index (χ1n) is 2.77. The lowest BCUT2D eigenvalue weighted by Crippen LogP contribution is -1.96. The van der Waals surface area contributed by atoms with Crippen molar-refractivity contribution in [2.45, 2.75) is 6.42 Å². The van der Waals surface area contributed by atoms with Crippen LogP contribution in [0.3, 0.4) is 0 Å². The molecule has 0 heterocycles. The van der Waals surface area contributed by atoms with E-state index in [1.165, 1.54) is 0 Å². The SMILES string of the molecule is [SiH3]O[SiH2]C1=CC=CC1. The fourth-order valence-corrected chi connectivity index (χ4v) is 2.78. The molecule has 0 saturated carbocycles. The van der Waals surface area contributed by atoms with Crippen LogP contribution in [0.2, 0.25) is 0 Å². The summed E-state index contributed by atoms with van der Waals surface area (Å²) < 4.78 is 5.20. The maximum absolute atomic E-state index is 5.20. The summed E-state index contributed by atoms with van der Waals surface area (Å²) in [6.07, 6.45) is 7.64. The van der Waals surface area contributed by atoms with E-state index in [9.17, 15) is 0 Å². The predicted octanol–water partition coefficient (Wildman–Crippen LogP) is -0.789. The van der Waals surface area contributed by atoms with Gasteiger partial charge in [-0.3, -0.25) is 0 Å². The molecule has 0 spiro atoms. The second-order valence-electron chi connectivity index (χ2n) is 1.89. The first-order valence-corrected chi connectivity index (χ1v) is 4.87. The van der Waals surface area contributed by atoms with Gasteiger partial charge in [0.25, 0.3) is 0 Å². The summed E-state index contributed by atoms with van der Waals surface area (Å²) >= 11 is 0. The molecule has 0 saturated heterocycles. The Morgan fingerprint density at radius 1 is 1.75 bits per heavy atom. The molecule has 1 aliphatic carbocycles. The summed E-state index contributed by atoms with van der Waals surface area (Å²) in [5.74, 6) is 0. The zero-order chi connectivity index (χ0) is 5.82. The highest BCUT2D eigenvalue weighted by atomic mass is 28.3. The van der Waals surface area contributed by atoms with E-state index in [2.05, 4.69) is 18.2 Å². The van der Waals surface area contributed by atoms with Crippen molar-refractivity contribution in [3.8, 4) is 0 Å². The molecular weight excluding hydrogens is 132 g/mol. The van der Waals surface area contributed by atoms with Gasteiger partial charge in [-0.05, 0) is 6.42 Å². The van der Waals surface area contributed by atoms with E-state index >= 15 is 0 Å². The van der Waals surface area contributed by atoms with E-state index < -0.39 is 0 Å². The molecule has 44 valence electrons. The van der Waals surface area contributed by atoms with Crippen molar-refractivity contribution in [1.82, 2.24) is 0 Å². The van der Waals surface area contributed by atoms with Gasteiger partial charge in [-0.1, -0.05) is 23.4 Å². The van der Waals surface area contributed by atoms with Gasteiger partial charge in [-0.15, -0.1) is 0 Å². The van der Waals surface area contributed by atoms with E-state index in [0.29, 0.717) is 0 Å². The van der Waals surface area contributed by atoms with Crippen LogP contribution in [0.4, 0.5) is 0 Å². The van der Waals surface area contributed by atoms with Gasteiger partial charge >= 0.3 is 0 Å². The third-order valence-corrected chi connectivity index (χ3v) is 3.23. The number of allylic oxidation sites excluding steroid dienone is 4. The van der Waals surface area contributed by atoms with Gasteiger partial charge in [0, 0.05) is 0 Å². The Morgan fingerprint density at radius 3 is 3.12 bits per heavy atom. The number of rotatable bonds is 2. The maximum atomic E-state index is 5.20. The van der Waals surface area contributed by atoms with E-state index in [4.69, 9.17) is 4.12 Å². The van der Waals surface area contributed by atoms with Crippen LogP contribution < -0.4 is 0 Å². The molecule has 0 aliphatic heterocycles. The topological polar surface area (TPSA) is 9.23 Å². The summed E-state index contributed by atoms with van der Waals surface area (Å²) in [5.41, 5.74) is 0. The van der Waals surface area contributed by atoms with Gasteiger partial charge in [0.15, 0.2) is 9.76 Å². The zero-order valence-corrected chi connectivity index (χ0v) is 8.47. The van der Waals surface area contributed by atoms with Crippen LogP contribution in [0.1, 0.15) is 6.42 Å². The van der Waals surface area contributed by atoms with E-state index in [1.54, 1.807) is 5.20 Å². The molecule has 0 aromatic rings. The molecule has 0 fully saturated rings. The monoisotopic (exact) mass is 142 g/mol. The highest BCUT2D eigenvalue weighted by Crippen LogP contribution is 2.07. The van der Waals surface area contributed by atoms with Crippen LogP contribution >= 0.6 is 0 Å². The Morgan fingerprint density at radius 2 is 2.62 bits per heavy atom. The fourth-order valence-electron chi connectivity index (χ4n) is 0.784. The third kappa shape index (κ3) is 1.43. The fraction of sp³-hybridized carbons (Fsp3) is 0.200. The lowest BCUT2D eigenvalue weighted by Gasteiger charge is -1.94. The second-order valence-corrected chi connectivity index (χ2v) is 5.40. The molecule has 0 atom stereocenters. The van der Waals surface area contributed by atoms with Crippen molar-refractivity contribution < 1.29 is 4.12 Å². The molecule has 0 aromatic heterocycles. The van der Waals surface area contributed by atoms with Gasteiger partial charge in [0.05, 0.1) is 0 Å². The summed E-state index contributed by atoms with van der Waals surface area (Å²) in [6.45, 7) is 0. The van der Waals surface area contributed by atoms with Gasteiger partial charge in [0.1, 0.15) is 10.5 Å². The highest BCUT2D eigenvalue weighted by Gasteiger charge is 1.96. The van der Waals surface area contributed by atoms with Crippen molar-refractivity contribution in [2.24, 2.45) is 0 Å². The van der Waals surface area contributed by atoms with Crippen LogP contribution in [0.25, 0.3) is 0 Å². The Kier molecular flexibility index (Phi) is 2.26. The van der Waals surface area contributed by atoms with Crippen molar-refractivity contribution in [1.29, 1.82) is 0 Å². The predicted molar refractivity (Wildman–Crippen MR) is 41.4 cm³/mol. The quantitative estimate of drug-likeness (QED) is 0.459. The Bertz CT molecular complexity index is 128. The summed E-state index contributed by atoms with van der Waals surface area (Å²) in [5, 5.41) is 1.54. The average Bonchev–Trinajstić information content (AvgIpc) is 2.19. The molecule has 0 radical (unpaired) electrons. The first-order chi connectivity index (χ1) is 3.93. The maximum Gasteiger partial charge on any atom is 0.174 e. The molecule has 1 nitrogen and oxygen atoms in total. The van der Waals surface area contributed by atoms with Gasteiger partial charge in [-0.25, -0.2) is 0 Å². The van der Waals surface area contributed by atoms with E-state index in [1.807, 2.05) is 0 Å². The van der Waals surface area contributed by atoms with Crippen molar-refractivity contribution in [2.75, 3.05) is 0 Å². The molecule has 0 N–H and O–H groups in total. The Balaban J connectivity index is 2.28. The van der Waals surface area contributed by atoms with Gasteiger partial charge in [0.2, 0.25) is 0 Å². The van der Waals surface area contributed by atoms with E-state index in [-0.39, 0.29) is 9.76 Å². The van der Waals surface area contributed by atoms with E-state index in [0.717, 1.165) is 16.9 Å². The summed E-state index contributed by atoms with van der Waals surface area (Å²) in [6, 6.07) is 0. The summed E-state index contributed by atoms with van der Waals surface area (Å²) in [4.78, 5) is 0. The third-order valence-electron chi connectivity index (χ3n) is 1.18. The molecule has 0 bridgehead atoms. The largest absolute Gasteiger partial charge is 0.465 e. The van der Waals surface area contributed by atoms with Crippen LogP contribution in [-0.4, -0.2) is 20.2 Å². The van der Waals surface area contributed by atoms with Crippen molar-refractivity contribution >= 4 is 20.2 Å². The van der Waals surface area contributed by atoms with Crippen LogP contribution in [0, 0.1) is 0 Å². The second kappa shape index (κ2) is 3.01. The Labute approximate surface area is 54.9 Å². The minimum atomic E-state index is -0.242. The van der Waals surface area contributed by atoms with Crippen LogP contribution in [0.15, 0.2) is 23.4 Å². The zero-order valence-electron chi connectivity index (χ0n) is 5.05. The average molecular weight is 142 g/mol. The first kappa shape index (κ1) is 6.00. The molecule has 3 heteroatoms. The van der Waals surface area contributed by atoms with Gasteiger partial charge < -0.3 is 4.12 Å².